The van der Waals surface area contributed by atoms with Gasteiger partial charge in [0.25, 0.3) is 5.91 Å². The van der Waals surface area contributed by atoms with Gasteiger partial charge in [-0.1, -0.05) is 0 Å². The number of hydrogen-bond acceptors (Lipinski definition) is 7. The normalized spacial score (nSPS) is 14.6. The van der Waals surface area contributed by atoms with Crippen LogP contribution in [0.15, 0.2) is 36.5 Å². The van der Waals surface area contributed by atoms with Gasteiger partial charge in [-0.15, -0.1) is 11.3 Å². The largest absolute Gasteiger partial charge is 0.497 e. The van der Waals surface area contributed by atoms with E-state index in [0.717, 1.165) is 47.8 Å². The first-order chi connectivity index (χ1) is 13.1. The standard InChI is InChI=1S/C19H21N5O2S/c1-26-13-4-2-12(3-5-13)23-8-10-24(11-9-23)14-6-7-22-19-15(14)16(20)17(27-19)18(21)25/h2-7H,8-11,20H2,1H3,(H2,21,25). The number of thiophene rings is 1. The molecule has 3 heterocycles. The van der Waals surface area contributed by atoms with E-state index in [1.165, 1.54) is 17.0 Å². The van der Waals surface area contributed by atoms with Gasteiger partial charge in [-0.3, -0.25) is 4.79 Å². The number of pyridine rings is 1. The number of nitrogen functional groups attached to an aromatic ring is 1. The van der Waals surface area contributed by atoms with Crippen molar-refractivity contribution in [2.45, 2.75) is 0 Å². The molecule has 1 aromatic carbocycles. The summed E-state index contributed by atoms with van der Waals surface area (Å²) in [6.07, 6.45) is 1.76. The van der Waals surface area contributed by atoms with Crippen LogP contribution in [0.4, 0.5) is 17.1 Å². The Balaban J connectivity index is 1.56. The van der Waals surface area contributed by atoms with E-state index in [4.69, 9.17) is 16.2 Å². The summed E-state index contributed by atoms with van der Waals surface area (Å²) in [5, 5.41) is 0.828. The number of anilines is 3. The van der Waals surface area contributed by atoms with E-state index in [0.29, 0.717) is 10.6 Å². The number of nitrogens with zero attached hydrogens (tertiary/aromatic N) is 3. The topological polar surface area (TPSA) is 97.7 Å². The molecule has 140 valence electrons. The van der Waals surface area contributed by atoms with Crippen LogP contribution in [0.3, 0.4) is 0 Å². The van der Waals surface area contributed by atoms with Crippen molar-refractivity contribution in [2.75, 3.05) is 48.8 Å². The van der Waals surface area contributed by atoms with Gasteiger partial charge < -0.3 is 26.0 Å². The Bertz CT molecular complexity index is 978. The summed E-state index contributed by atoms with van der Waals surface area (Å²) in [7, 11) is 1.67. The zero-order chi connectivity index (χ0) is 19.0. The van der Waals surface area contributed by atoms with Crippen LogP contribution in [0.1, 0.15) is 9.67 Å². The monoisotopic (exact) mass is 383 g/mol. The molecule has 8 heteroatoms. The van der Waals surface area contributed by atoms with E-state index in [9.17, 15) is 4.79 Å². The van der Waals surface area contributed by atoms with Crippen molar-refractivity contribution in [2.24, 2.45) is 5.73 Å². The fraction of sp³-hybridized carbons (Fsp3) is 0.263. The lowest BCUT2D eigenvalue weighted by Gasteiger charge is -2.37. The minimum absolute atomic E-state index is 0.377. The molecule has 0 aliphatic carbocycles. The first-order valence-electron chi connectivity index (χ1n) is 8.69. The predicted molar refractivity (Wildman–Crippen MR) is 110 cm³/mol. The Labute approximate surface area is 161 Å². The van der Waals surface area contributed by atoms with E-state index >= 15 is 0 Å². The quantitative estimate of drug-likeness (QED) is 0.717. The minimum Gasteiger partial charge on any atom is -0.497 e. The van der Waals surface area contributed by atoms with Crippen molar-refractivity contribution in [3.63, 3.8) is 0 Å². The van der Waals surface area contributed by atoms with Crippen LogP contribution in [-0.2, 0) is 0 Å². The highest BCUT2D eigenvalue weighted by atomic mass is 32.1. The SMILES string of the molecule is COc1ccc(N2CCN(c3ccnc4sc(C(N)=O)c(N)c34)CC2)cc1. The third-order valence-electron chi connectivity index (χ3n) is 4.89. The Morgan fingerprint density at radius 1 is 1.11 bits per heavy atom. The molecule has 27 heavy (non-hydrogen) atoms. The van der Waals surface area contributed by atoms with Gasteiger partial charge in [0.2, 0.25) is 0 Å². The maximum Gasteiger partial charge on any atom is 0.260 e. The van der Waals surface area contributed by atoms with Crippen molar-refractivity contribution in [3.8, 4) is 5.75 Å². The zero-order valence-electron chi connectivity index (χ0n) is 15.0. The molecule has 0 radical (unpaired) electrons. The average Bonchev–Trinajstić information content (AvgIpc) is 3.05. The summed E-state index contributed by atoms with van der Waals surface area (Å²) in [5.41, 5.74) is 14.3. The number of carbonyl (C=O) groups is 1. The lowest BCUT2D eigenvalue weighted by molar-refractivity contribution is 0.100. The zero-order valence-corrected chi connectivity index (χ0v) is 15.8. The number of ether oxygens (including phenoxy) is 1. The Kier molecular flexibility index (Phi) is 4.49. The lowest BCUT2D eigenvalue weighted by Crippen LogP contribution is -2.46. The predicted octanol–water partition coefficient (Wildman–Crippen LogP) is 2.31. The highest BCUT2D eigenvalue weighted by Gasteiger charge is 2.23. The summed E-state index contributed by atoms with van der Waals surface area (Å²) >= 11 is 1.25. The molecule has 4 rings (SSSR count). The van der Waals surface area contributed by atoms with Crippen LogP contribution in [0.2, 0.25) is 0 Å². The smallest absolute Gasteiger partial charge is 0.260 e. The van der Waals surface area contributed by atoms with Gasteiger partial charge >= 0.3 is 0 Å². The maximum absolute atomic E-state index is 11.6. The van der Waals surface area contributed by atoms with Gasteiger partial charge in [0.05, 0.1) is 23.9 Å². The van der Waals surface area contributed by atoms with Crippen LogP contribution in [-0.4, -0.2) is 44.2 Å². The van der Waals surface area contributed by atoms with Gasteiger partial charge in [0.15, 0.2) is 0 Å². The van der Waals surface area contributed by atoms with Gasteiger partial charge in [-0.2, -0.15) is 0 Å². The van der Waals surface area contributed by atoms with Crippen molar-refractivity contribution in [1.29, 1.82) is 0 Å². The second-order valence-corrected chi connectivity index (χ2v) is 7.39. The molecule has 1 saturated heterocycles. The molecule has 7 nitrogen and oxygen atoms in total. The van der Waals surface area contributed by atoms with Crippen molar-refractivity contribution < 1.29 is 9.53 Å². The number of amides is 1. The molecule has 1 aliphatic heterocycles. The van der Waals surface area contributed by atoms with Crippen LogP contribution in [0.5, 0.6) is 5.75 Å². The third-order valence-corrected chi connectivity index (χ3v) is 6.02. The molecule has 0 bridgehead atoms. The average molecular weight is 383 g/mol. The molecule has 1 aliphatic rings. The van der Waals surface area contributed by atoms with E-state index in [1.54, 1.807) is 13.3 Å². The Morgan fingerprint density at radius 3 is 2.41 bits per heavy atom. The number of primary amides is 1. The van der Waals surface area contributed by atoms with Crippen LogP contribution >= 0.6 is 11.3 Å². The molecule has 0 unspecified atom stereocenters. The number of rotatable bonds is 4. The van der Waals surface area contributed by atoms with Crippen LogP contribution < -0.4 is 26.0 Å². The first-order valence-corrected chi connectivity index (χ1v) is 9.51. The summed E-state index contributed by atoms with van der Waals surface area (Å²) in [6, 6.07) is 10.1. The van der Waals surface area contributed by atoms with E-state index in [2.05, 4.69) is 26.9 Å². The second-order valence-electron chi connectivity index (χ2n) is 6.39. The molecule has 2 aromatic heterocycles. The van der Waals surface area contributed by atoms with E-state index < -0.39 is 5.91 Å². The third kappa shape index (κ3) is 3.12. The van der Waals surface area contributed by atoms with Gasteiger partial charge in [-0.25, -0.2) is 4.98 Å². The van der Waals surface area contributed by atoms with E-state index in [1.807, 2.05) is 18.2 Å². The van der Waals surface area contributed by atoms with E-state index in [-0.39, 0.29) is 0 Å². The van der Waals surface area contributed by atoms with Gasteiger partial charge in [0, 0.05) is 38.1 Å². The molecule has 4 N–H and O–H groups in total. The molecular formula is C19H21N5O2S. The number of carbonyl (C=O) groups excluding carboxylic acids is 1. The number of piperazine rings is 1. The number of hydrogen-bond donors (Lipinski definition) is 2. The van der Waals surface area contributed by atoms with Crippen LogP contribution in [0, 0.1) is 0 Å². The first kappa shape index (κ1) is 17.4. The van der Waals surface area contributed by atoms with Crippen LogP contribution in [0.25, 0.3) is 10.2 Å². The Hall–Kier alpha value is -3.00. The summed E-state index contributed by atoms with van der Waals surface area (Å²) in [4.78, 5) is 21.7. The number of methoxy groups -OCH3 is 1. The molecule has 0 spiro atoms. The summed E-state index contributed by atoms with van der Waals surface area (Å²) in [5.74, 6) is 0.348. The number of aromatic nitrogens is 1. The fourth-order valence-electron chi connectivity index (χ4n) is 3.47. The van der Waals surface area contributed by atoms with Crippen molar-refractivity contribution >= 4 is 44.5 Å². The molecule has 1 amide bonds. The number of benzene rings is 1. The summed E-state index contributed by atoms with van der Waals surface area (Å²) < 4.78 is 5.23. The minimum atomic E-state index is -0.509. The van der Waals surface area contributed by atoms with Gasteiger partial charge in [-0.05, 0) is 30.3 Å². The number of nitrogens with two attached hydrogens (primary N) is 2. The van der Waals surface area contributed by atoms with Gasteiger partial charge in [0.1, 0.15) is 15.5 Å². The molecule has 0 saturated carbocycles. The molecule has 1 fully saturated rings. The molecule has 0 atom stereocenters. The van der Waals surface area contributed by atoms with Crippen molar-refractivity contribution in [3.05, 3.63) is 41.4 Å². The maximum atomic E-state index is 11.6. The second kappa shape index (κ2) is 6.96. The number of fused-ring (bicyclic) bond motifs is 1. The van der Waals surface area contributed by atoms with Crippen molar-refractivity contribution in [1.82, 2.24) is 4.98 Å². The fourth-order valence-corrected chi connectivity index (χ4v) is 4.41. The molecular weight excluding hydrogens is 362 g/mol. The highest BCUT2D eigenvalue weighted by Crippen LogP contribution is 2.38. The summed E-state index contributed by atoms with van der Waals surface area (Å²) in [6.45, 7) is 3.49. The Morgan fingerprint density at radius 2 is 1.78 bits per heavy atom. The lowest BCUT2D eigenvalue weighted by atomic mass is 10.1. The highest BCUT2D eigenvalue weighted by molar-refractivity contribution is 7.21. The molecule has 3 aromatic rings.